The number of anilines is 1. The van der Waals surface area contributed by atoms with Crippen LogP contribution in [0.2, 0.25) is 0 Å². The molecule has 2 amide bonds. The van der Waals surface area contributed by atoms with E-state index in [4.69, 9.17) is 9.15 Å². The summed E-state index contributed by atoms with van der Waals surface area (Å²) < 4.78 is 11.1. The maximum Gasteiger partial charge on any atom is 0.309 e. The van der Waals surface area contributed by atoms with Crippen LogP contribution in [0.15, 0.2) is 53.1 Å². The summed E-state index contributed by atoms with van der Waals surface area (Å²) in [4.78, 5) is 29.1. The molecule has 0 aliphatic carbocycles. The Morgan fingerprint density at radius 2 is 1.77 bits per heavy atom. The number of carbonyl (C=O) groups is 2. The van der Waals surface area contributed by atoms with E-state index < -0.39 is 11.8 Å². The second-order valence-electron chi connectivity index (χ2n) is 7.94. The molecule has 166 valence electrons. The maximum absolute atomic E-state index is 12.3. The first kappa shape index (κ1) is 21.4. The average molecular weight is 427 g/mol. The van der Waals surface area contributed by atoms with Crippen molar-refractivity contribution >= 4 is 17.5 Å². The number of nitrogens with one attached hydrogen (secondary N) is 2. The smallest absolute Gasteiger partial charge is 0.309 e. The predicted molar refractivity (Wildman–Crippen MR) is 117 cm³/mol. The third-order valence-corrected chi connectivity index (χ3v) is 5.92. The number of ether oxygens (including phenoxy) is 1. The maximum atomic E-state index is 12.3. The number of furan rings is 1. The lowest BCUT2D eigenvalue weighted by molar-refractivity contribution is -0.139. The molecule has 0 saturated carbocycles. The van der Waals surface area contributed by atoms with E-state index >= 15 is 0 Å². The summed E-state index contributed by atoms with van der Waals surface area (Å²) >= 11 is 0. The van der Waals surface area contributed by atoms with Gasteiger partial charge in [0, 0.05) is 51.6 Å². The van der Waals surface area contributed by atoms with E-state index in [1.807, 2.05) is 30.3 Å². The number of piperazine rings is 1. The minimum atomic E-state index is -0.627. The Morgan fingerprint density at radius 3 is 2.45 bits per heavy atom. The molecule has 2 atom stereocenters. The van der Waals surface area contributed by atoms with Crippen molar-refractivity contribution in [1.82, 2.24) is 15.5 Å². The highest BCUT2D eigenvalue weighted by Gasteiger charge is 2.28. The van der Waals surface area contributed by atoms with Crippen LogP contribution in [0.25, 0.3) is 0 Å². The fourth-order valence-electron chi connectivity index (χ4n) is 4.18. The molecule has 2 aromatic rings. The quantitative estimate of drug-likeness (QED) is 0.654. The summed E-state index contributed by atoms with van der Waals surface area (Å²) in [5.74, 6) is -0.465. The summed E-state index contributed by atoms with van der Waals surface area (Å²) in [6, 6.07) is 14.0. The lowest BCUT2D eigenvalue weighted by Gasteiger charge is -2.39. The molecule has 0 spiro atoms. The van der Waals surface area contributed by atoms with Crippen LogP contribution in [-0.4, -0.2) is 68.7 Å². The van der Waals surface area contributed by atoms with Crippen molar-refractivity contribution in [3.63, 3.8) is 0 Å². The van der Waals surface area contributed by atoms with Crippen molar-refractivity contribution in [3.8, 4) is 0 Å². The van der Waals surface area contributed by atoms with Crippen LogP contribution in [0.1, 0.15) is 24.6 Å². The third-order valence-electron chi connectivity index (χ3n) is 5.92. The lowest BCUT2D eigenvalue weighted by atomic mass is 10.1. The van der Waals surface area contributed by atoms with Gasteiger partial charge in [0.05, 0.1) is 18.4 Å². The topological polar surface area (TPSA) is 87.0 Å². The Balaban J connectivity index is 1.30. The van der Waals surface area contributed by atoms with Gasteiger partial charge in [0.1, 0.15) is 5.76 Å². The number of nitrogens with zero attached hydrogens (tertiary/aromatic N) is 2. The Kier molecular flexibility index (Phi) is 7.22. The fourth-order valence-corrected chi connectivity index (χ4v) is 4.18. The van der Waals surface area contributed by atoms with Crippen molar-refractivity contribution in [1.29, 1.82) is 0 Å². The van der Waals surface area contributed by atoms with Crippen LogP contribution in [0.4, 0.5) is 5.69 Å². The monoisotopic (exact) mass is 426 g/mol. The van der Waals surface area contributed by atoms with E-state index in [-0.39, 0.29) is 12.1 Å². The second kappa shape index (κ2) is 10.5. The Morgan fingerprint density at radius 1 is 1.00 bits per heavy atom. The summed E-state index contributed by atoms with van der Waals surface area (Å²) in [7, 11) is 0. The molecule has 8 nitrogen and oxygen atoms in total. The van der Waals surface area contributed by atoms with Crippen LogP contribution in [-0.2, 0) is 14.3 Å². The van der Waals surface area contributed by atoms with Gasteiger partial charge in [-0.05, 0) is 37.1 Å². The number of amides is 2. The minimum Gasteiger partial charge on any atom is -0.468 e. The molecule has 2 saturated heterocycles. The first-order valence-electron chi connectivity index (χ1n) is 11.0. The molecule has 2 fully saturated rings. The molecule has 1 aromatic heterocycles. The largest absolute Gasteiger partial charge is 0.468 e. The average Bonchev–Trinajstić information content (AvgIpc) is 3.53. The van der Waals surface area contributed by atoms with E-state index in [1.54, 1.807) is 6.26 Å². The van der Waals surface area contributed by atoms with Gasteiger partial charge in [-0.1, -0.05) is 18.2 Å². The molecular formula is C23H30N4O4. The van der Waals surface area contributed by atoms with Gasteiger partial charge in [-0.15, -0.1) is 0 Å². The van der Waals surface area contributed by atoms with E-state index in [0.717, 1.165) is 51.4 Å². The van der Waals surface area contributed by atoms with Gasteiger partial charge in [0.15, 0.2) is 0 Å². The van der Waals surface area contributed by atoms with Crippen LogP contribution in [0.5, 0.6) is 0 Å². The number of carbonyl (C=O) groups excluding carboxylic acids is 2. The molecule has 8 heteroatoms. The Labute approximate surface area is 182 Å². The molecule has 3 heterocycles. The number of benzene rings is 1. The minimum absolute atomic E-state index is 0.00790. The number of hydrogen-bond acceptors (Lipinski definition) is 6. The van der Waals surface area contributed by atoms with E-state index in [2.05, 4.69) is 32.6 Å². The van der Waals surface area contributed by atoms with Gasteiger partial charge < -0.3 is 24.7 Å². The van der Waals surface area contributed by atoms with Crippen molar-refractivity contribution in [2.75, 3.05) is 50.8 Å². The van der Waals surface area contributed by atoms with E-state index in [0.29, 0.717) is 13.1 Å². The van der Waals surface area contributed by atoms with Gasteiger partial charge >= 0.3 is 11.8 Å². The summed E-state index contributed by atoms with van der Waals surface area (Å²) in [6.45, 7) is 4.84. The second-order valence-corrected chi connectivity index (χ2v) is 7.94. The van der Waals surface area contributed by atoms with Crippen LogP contribution >= 0.6 is 0 Å². The third kappa shape index (κ3) is 5.65. The molecule has 0 unspecified atom stereocenters. The zero-order valence-corrected chi connectivity index (χ0v) is 17.7. The van der Waals surface area contributed by atoms with Crippen LogP contribution < -0.4 is 15.5 Å². The van der Waals surface area contributed by atoms with Crippen molar-refractivity contribution in [2.24, 2.45) is 0 Å². The first-order chi connectivity index (χ1) is 15.2. The van der Waals surface area contributed by atoms with Crippen molar-refractivity contribution in [3.05, 3.63) is 54.5 Å². The molecule has 2 aliphatic heterocycles. The summed E-state index contributed by atoms with van der Waals surface area (Å²) in [5.41, 5.74) is 1.22. The number of hydrogen-bond donors (Lipinski definition) is 2. The van der Waals surface area contributed by atoms with E-state index in [9.17, 15) is 9.59 Å². The lowest BCUT2D eigenvalue weighted by Crippen LogP contribution is -2.51. The molecule has 0 bridgehead atoms. The summed E-state index contributed by atoms with van der Waals surface area (Å²) in [6.07, 6.45) is 3.55. The van der Waals surface area contributed by atoms with E-state index in [1.165, 1.54) is 5.69 Å². The zero-order chi connectivity index (χ0) is 21.5. The van der Waals surface area contributed by atoms with Gasteiger partial charge in [-0.25, -0.2) is 0 Å². The molecule has 1 aromatic carbocycles. The normalized spacial score (nSPS) is 20.4. The van der Waals surface area contributed by atoms with Gasteiger partial charge in [-0.2, -0.15) is 0 Å². The van der Waals surface area contributed by atoms with Crippen LogP contribution in [0.3, 0.4) is 0 Å². The van der Waals surface area contributed by atoms with Crippen LogP contribution in [0, 0.1) is 0 Å². The highest BCUT2D eigenvalue weighted by Crippen LogP contribution is 2.24. The Hall–Kier alpha value is -2.84. The van der Waals surface area contributed by atoms with Crippen molar-refractivity contribution < 1.29 is 18.7 Å². The number of para-hydroxylation sites is 1. The molecule has 2 N–H and O–H groups in total. The van der Waals surface area contributed by atoms with Gasteiger partial charge in [-0.3, -0.25) is 14.5 Å². The highest BCUT2D eigenvalue weighted by atomic mass is 16.5. The standard InChI is InChI=1S/C23H30N4O4/c28-22(24-16-19-8-4-14-30-19)23(29)25-17-20(21-9-5-15-31-21)27-12-10-26(11-13-27)18-6-2-1-3-7-18/h1-3,5-7,9,15,19-20H,4,8,10-14,16-17H2,(H,24,28)(H,25,29)/t19-,20+/m1/s1. The molecule has 0 radical (unpaired) electrons. The molecular weight excluding hydrogens is 396 g/mol. The molecule has 4 rings (SSSR count). The SMILES string of the molecule is O=C(NC[C@H]1CCCO1)C(=O)NC[C@@H](c1ccco1)N1CCN(c2ccccc2)CC1. The van der Waals surface area contributed by atoms with Crippen molar-refractivity contribution in [2.45, 2.75) is 25.0 Å². The van der Waals surface area contributed by atoms with Gasteiger partial charge in [0.25, 0.3) is 0 Å². The predicted octanol–water partition coefficient (Wildman–Crippen LogP) is 1.55. The highest BCUT2D eigenvalue weighted by molar-refractivity contribution is 6.35. The molecule has 2 aliphatic rings. The van der Waals surface area contributed by atoms with Gasteiger partial charge in [0.2, 0.25) is 0 Å². The summed E-state index contributed by atoms with van der Waals surface area (Å²) in [5, 5.41) is 5.45. The first-order valence-corrected chi connectivity index (χ1v) is 11.0. The number of rotatable bonds is 7. The Bertz CT molecular complexity index is 829. The fraction of sp³-hybridized carbons (Fsp3) is 0.478. The molecule has 31 heavy (non-hydrogen) atoms. The zero-order valence-electron chi connectivity index (χ0n) is 17.7.